The number of benzene rings is 2. The van der Waals surface area contributed by atoms with Gasteiger partial charge in [0, 0.05) is 101 Å². The number of nitrogens with zero attached hydrogens (tertiary/aromatic N) is 5. The van der Waals surface area contributed by atoms with E-state index in [0.717, 1.165) is 66.6 Å². The summed E-state index contributed by atoms with van der Waals surface area (Å²) in [6.07, 6.45) is 9.24. The van der Waals surface area contributed by atoms with Crippen LogP contribution < -0.4 is 31.1 Å². The molecule has 6 fully saturated rings. The summed E-state index contributed by atoms with van der Waals surface area (Å²) >= 11 is 15.0. The number of thioether (sulfide) groups is 1. The van der Waals surface area contributed by atoms with E-state index in [9.17, 15) is 78.6 Å². The third-order valence-corrected chi connectivity index (χ3v) is 31.2. The van der Waals surface area contributed by atoms with Gasteiger partial charge in [-0.3, -0.25) is 63.7 Å². The predicted octanol–water partition coefficient (Wildman–Crippen LogP) is 8.62. The Morgan fingerprint density at radius 2 is 1.10 bits per heavy atom. The molecule has 0 aromatic heterocycles. The number of aliphatic hydroxyl groups excluding tert-OH is 4. The van der Waals surface area contributed by atoms with Gasteiger partial charge in [0.15, 0.2) is 11.4 Å². The van der Waals surface area contributed by atoms with Crippen molar-refractivity contribution in [2.75, 3.05) is 96.4 Å². The molecule has 8 amide bonds. The van der Waals surface area contributed by atoms with Crippen LogP contribution in [0.25, 0.3) is 0 Å². The molecule has 694 valence electrons. The Morgan fingerprint density at radius 3 is 1.52 bits per heavy atom. The minimum atomic E-state index is -1.88. The number of epoxide rings is 2. The number of amides is 8. The fourth-order valence-corrected chi connectivity index (χ4v) is 21.4. The fraction of sp³-hybridized carbons (Fsp3) is 0.663. The average Bonchev–Trinajstić information content (AvgIpc) is 1.57. The number of carbonyl (C=O) groups excluding carboxylic acids is 10. The summed E-state index contributed by atoms with van der Waals surface area (Å²) in [5, 5.41) is 75.3. The molecule has 8 aliphatic rings. The number of nitrogens with one attached hydrogen (secondary N) is 4. The number of anilines is 2. The molecule has 0 radical (unpaired) electrons. The van der Waals surface area contributed by atoms with Gasteiger partial charge in [0.1, 0.15) is 47.7 Å². The molecule has 125 heavy (non-hydrogen) atoms. The number of rotatable bonds is 27. The topological polar surface area (TPSA) is 418 Å². The Balaban J connectivity index is 0.000000286. The number of carbonyl (C=O) groups is 10. The minimum absolute atomic E-state index is 0.0259. The minimum Gasteiger partial charge on any atom is -0.457 e. The van der Waals surface area contributed by atoms with Crippen molar-refractivity contribution in [1.82, 2.24) is 36.0 Å². The van der Waals surface area contributed by atoms with Crippen LogP contribution in [0.4, 0.5) is 21.0 Å². The molecule has 31 nitrogen and oxygen atoms in total. The van der Waals surface area contributed by atoms with Crippen molar-refractivity contribution in [2.45, 2.75) is 254 Å². The van der Waals surface area contributed by atoms with Crippen LogP contribution >= 0.6 is 56.6 Å². The number of hydrogen-bond acceptors (Lipinski definition) is 27. The molecule has 8 bridgehead atoms. The first-order chi connectivity index (χ1) is 59.1. The summed E-state index contributed by atoms with van der Waals surface area (Å²) in [6.45, 7) is 16.2. The summed E-state index contributed by atoms with van der Waals surface area (Å²) in [5.74, 6) is -3.60. The van der Waals surface area contributed by atoms with Gasteiger partial charge in [0.25, 0.3) is 0 Å². The van der Waals surface area contributed by atoms with Crippen LogP contribution in [0.2, 0.25) is 10.0 Å². The number of hydrogen-bond donors (Lipinski definition) is 10. The van der Waals surface area contributed by atoms with Gasteiger partial charge in [-0.2, -0.15) is 0 Å². The van der Waals surface area contributed by atoms with Gasteiger partial charge in [0.05, 0.1) is 78.1 Å². The van der Waals surface area contributed by atoms with Gasteiger partial charge < -0.3 is 79.5 Å². The number of likely N-dealkylation sites (N-methyl/N-ethyl adjacent to an activating group) is 2. The van der Waals surface area contributed by atoms with E-state index < -0.39 is 149 Å². The van der Waals surface area contributed by atoms with Crippen LogP contribution in [0.3, 0.4) is 0 Å². The van der Waals surface area contributed by atoms with E-state index in [1.807, 2.05) is 49.8 Å². The highest BCUT2D eigenvalue weighted by molar-refractivity contribution is 8.76. The lowest BCUT2D eigenvalue weighted by Crippen LogP contribution is -2.62. The van der Waals surface area contributed by atoms with Crippen LogP contribution in [0.15, 0.2) is 71.9 Å². The Hall–Kier alpha value is -6.87. The summed E-state index contributed by atoms with van der Waals surface area (Å²) in [7, 11) is 13.5. The maximum Gasteiger partial charge on any atom is 0.409 e. The average molecular weight is 1840 g/mol. The summed E-state index contributed by atoms with van der Waals surface area (Å²) in [6, 6.07) is 5.64. The van der Waals surface area contributed by atoms with E-state index in [2.05, 4.69) is 28.2 Å². The van der Waals surface area contributed by atoms with Crippen molar-refractivity contribution in [3.05, 3.63) is 104 Å². The van der Waals surface area contributed by atoms with Crippen molar-refractivity contribution >= 4 is 127 Å². The Bertz CT molecular complexity index is 4330. The normalized spacial score (nSPS) is 31.9. The standard InChI is InChI=1S/C48H68ClN5O12S.C41H61ClN4O10S2/c1-27-10-8-11-34(26-56)48(63)23-36(64-46(62)51-48)28(2)42-47(4,66-42)38(22-39(57)53(7)35-20-31(18-27)19-33(25-55)41(35)49)65-45(61)29(3)52(6)16-9-17-67-37-21-40(58)54(44(37)60)24-30-12-14-32(15-13-30)43(59)50-5;1-24-11-9-12-30(23-48)41(53)21-32(54-39(52)44-41)26(3)37-40(5,56-37)33(20-35(50)46(8)31-19-28(17-24)18-29(22-47)36(31)42)55-38(51)27(4)45(7)15-10-16-57-58-25(2)13-14-34(49)43-6/h8,10-11,19-20,28-30,32,34,36-38,42,55-56,63H,9,12-18,21-26H2,1-7H3,(H,50,59)(H,51,62);9,11-12,18-19,25-27,30,32-33,37,47-48,53H,10,13-17,20-23H2,1-8H3,(H,43,49)(H,44,52)/b11-8+,27-10+;12-9+,24-11+/t28-,29+,30?,32?,34+,36+,37?,38+,42+,47+,48+;25?,26-,27+,30+,32+,33+,37+,40+,41+/m11/s1. The third kappa shape index (κ3) is 25.8. The van der Waals surface area contributed by atoms with E-state index in [1.54, 1.807) is 140 Å². The predicted molar refractivity (Wildman–Crippen MR) is 479 cm³/mol. The lowest BCUT2D eigenvalue weighted by atomic mass is 9.81. The quantitative estimate of drug-likeness (QED) is 0.00998. The first kappa shape index (κ1) is 102. The number of ether oxygens (including phenoxy) is 6. The summed E-state index contributed by atoms with van der Waals surface area (Å²) in [5.41, 5.74) is -1.25. The molecule has 1 saturated carbocycles. The van der Waals surface area contributed by atoms with Crippen LogP contribution in [0, 0.1) is 35.5 Å². The van der Waals surface area contributed by atoms with Gasteiger partial charge in [-0.15, -0.1) is 11.8 Å². The number of likely N-dealkylation sites (tertiary alicyclic amines) is 1. The van der Waals surface area contributed by atoms with E-state index >= 15 is 0 Å². The highest BCUT2D eigenvalue weighted by Crippen LogP contribution is 2.52. The van der Waals surface area contributed by atoms with Gasteiger partial charge in [0.2, 0.25) is 35.4 Å². The van der Waals surface area contributed by atoms with Crippen LogP contribution in [0.1, 0.15) is 168 Å². The molecule has 36 heteroatoms. The highest BCUT2D eigenvalue weighted by atomic mass is 35.5. The van der Waals surface area contributed by atoms with E-state index in [4.69, 9.17) is 51.6 Å². The number of halogens is 2. The molecule has 5 saturated heterocycles. The number of alkyl carbamates (subject to hydrolysis) is 2. The molecule has 2 aromatic rings. The molecule has 7 aliphatic heterocycles. The zero-order valence-corrected chi connectivity index (χ0v) is 78.4. The van der Waals surface area contributed by atoms with E-state index in [-0.39, 0.29) is 90.8 Å². The lowest BCUT2D eigenvalue weighted by molar-refractivity contribution is -0.160. The van der Waals surface area contributed by atoms with Gasteiger partial charge >= 0.3 is 24.1 Å². The van der Waals surface area contributed by atoms with Crippen LogP contribution in [-0.2, 0) is 92.8 Å². The van der Waals surface area contributed by atoms with Crippen molar-refractivity contribution in [3.8, 4) is 0 Å². The van der Waals surface area contributed by atoms with Crippen molar-refractivity contribution in [2.24, 2.45) is 35.5 Å². The molecule has 10 N–H and O–H groups in total. The second-order valence-corrected chi connectivity index (χ2v) is 40.1. The van der Waals surface area contributed by atoms with Crippen molar-refractivity contribution in [1.29, 1.82) is 0 Å². The molecule has 2 aromatic carbocycles. The van der Waals surface area contributed by atoms with Gasteiger partial charge in [-0.05, 0) is 173 Å². The summed E-state index contributed by atoms with van der Waals surface area (Å²) < 4.78 is 36.4. The molecule has 1 aliphatic carbocycles. The first-order valence-corrected chi connectivity index (χ1v) is 47.3. The van der Waals surface area contributed by atoms with Crippen LogP contribution in [-0.4, -0.2) is 273 Å². The maximum absolute atomic E-state index is 14.3. The fourth-order valence-electron chi connectivity index (χ4n) is 17.2. The zero-order valence-electron chi connectivity index (χ0n) is 74.4. The SMILES string of the molecule is CNC(=O)C1CCC(CN2C(=O)CC(SCCCN(C)[C@@H](C)C(=O)O[C@H]3CC(=O)N(C)c4cc(cc(CO)c4Cl)C/C(C)=C/C=C/[C@@H](CO)[C@@]4(O)C[C@H](OC(=O)N4)[C@@H](C)[C@@H]4O[C@@]34C)C2=O)CC1.CNC(=O)CCC(C)SSCCCN(C)[C@@H](C)C(=O)O[C@H]1CC(=O)N(C)c2cc(cc(CO)c2Cl)C/C(C)=C/C=C/[C@@H](CO)[C@@]2(O)C[C@H](OC(=O)N2)[C@@H](C)[C@@H]2O[C@@]12C. The molecule has 7 heterocycles. The Labute approximate surface area is 755 Å². The molecule has 2 unspecified atom stereocenters. The number of esters is 2. The van der Waals surface area contributed by atoms with E-state index in [1.165, 1.54) is 26.5 Å². The largest absolute Gasteiger partial charge is 0.457 e. The first-order valence-electron chi connectivity index (χ1n) is 43.1. The second kappa shape index (κ2) is 45.1. The maximum atomic E-state index is 14.3. The monoisotopic (exact) mass is 1840 g/mol. The number of fused-ring (bicyclic) bond motifs is 10. The molecule has 18 atom stereocenters. The third-order valence-electron chi connectivity index (χ3n) is 25.9. The van der Waals surface area contributed by atoms with Crippen molar-refractivity contribution < 1.29 is 107 Å². The Morgan fingerprint density at radius 1 is 0.648 bits per heavy atom. The Kier molecular flexibility index (Phi) is 36.8. The number of allylic oxidation sites excluding steroid dienone is 6. The van der Waals surface area contributed by atoms with E-state index in [0.29, 0.717) is 78.8 Å². The smallest absolute Gasteiger partial charge is 0.409 e. The summed E-state index contributed by atoms with van der Waals surface area (Å²) in [4.78, 5) is 140. The molecular weight excluding hydrogens is 1710 g/mol. The highest BCUT2D eigenvalue weighted by Gasteiger charge is 2.66. The van der Waals surface area contributed by atoms with Crippen molar-refractivity contribution in [3.63, 3.8) is 0 Å². The molecule has 0 spiro atoms. The van der Waals surface area contributed by atoms with Gasteiger partial charge in [-0.1, -0.05) is 125 Å². The zero-order chi connectivity index (χ0) is 91.9. The second-order valence-electron chi connectivity index (χ2n) is 35.1. The van der Waals surface area contributed by atoms with Crippen LogP contribution in [0.5, 0.6) is 0 Å². The lowest BCUT2D eigenvalue weighted by Gasteiger charge is -2.42. The molecule has 10 rings (SSSR count). The molecular formula is C89H129Cl2N9O22S3. The number of imide groups is 1. The number of aliphatic hydroxyl groups is 6. The van der Waals surface area contributed by atoms with Gasteiger partial charge in [-0.25, -0.2) is 9.59 Å².